The quantitative estimate of drug-likeness (QED) is 0.941. The third-order valence-electron chi connectivity index (χ3n) is 3.36. The molecule has 0 aromatic carbocycles. The fourth-order valence-corrected chi connectivity index (χ4v) is 2.06. The Bertz CT molecular complexity index is 674. The number of alkyl halides is 3. The highest BCUT2D eigenvalue weighted by atomic mass is 19.4. The lowest BCUT2D eigenvalue weighted by Gasteiger charge is -2.15. The van der Waals surface area contributed by atoms with E-state index in [0.717, 1.165) is 11.3 Å². The molecule has 0 aliphatic rings. The van der Waals surface area contributed by atoms with Gasteiger partial charge in [0, 0.05) is 37.5 Å². The number of rotatable bonds is 4. The van der Waals surface area contributed by atoms with Crippen LogP contribution in [0, 0.1) is 6.92 Å². The van der Waals surface area contributed by atoms with Crippen LogP contribution in [0.5, 0.6) is 0 Å². The lowest BCUT2D eigenvalue weighted by Crippen LogP contribution is -2.26. The van der Waals surface area contributed by atoms with E-state index in [-0.39, 0.29) is 12.2 Å². The Balaban J connectivity index is 2.12. The fraction of sp³-hybridized carbons (Fsp3) is 0.462. The Morgan fingerprint density at radius 1 is 1.45 bits per heavy atom. The minimum atomic E-state index is -4.55. The predicted octanol–water partition coefficient (Wildman–Crippen LogP) is 2.23. The zero-order valence-electron chi connectivity index (χ0n) is 12.4. The van der Waals surface area contributed by atoms with Crippen LogP contribution in [0.1, 0.15) is 34.4 Å². The molecule has 0 saturated heterocycles. The summed E-state index contributed by atoms with van der Waals surface area (Å²) in [6, 6.07) is 0.709. The minimum absolute atomic E-state index is 0.249. The lowest BCUT2D eigenvalue weighted by molar-refractivity contribution is -0.141. The number of hydrogen-bond acceptors (Lipinski definition) is 3. The van der Waals surface area contributed by atoms with Crippen molar-refractivity contribution in [3.8, 4) is 0 Å². The summed E-state index contributed by atoms with van der Waals surface area (Å²) in [5.74, 6) is -0.588. The SMILES string of the molecule is CCn1ncc(CN(C)C(=O)c2cc(C(F)(F)F)[nH]n2)c1C. The van der Waals surface area contributed by atoms with Crippen molar-refractivity contribution in [1.82, 2.24) is 24.9 Å². The van der Waals surface area contributed by atoms with Crippen LogP contribution < -0.4 is 0 Å². The maximum absolute atomic E-state index is 12.5. The molecule has 120 valence electrons. The van der Waals surface area contributed by atoms with Crippen LogP contribution in [0.2, 0.25) is 0 Å². The third-order valence-corrected chi connectivity index (χ3v) is 3.36. The highest BCUT2D eigenvalue weighted by Crippen LogP contribution is 2.27. The van der Waals surface area contributed by atoms with Gasteiger partial charge >= 0.3 is 6.18 Å². The van der Waals surface area contributed by atoms with Gasteiger partial charge in [0.25, 0.3) is 5.91 Å². The molecule has 0 atom stereocenters. The Morgan fingerprint density at radius 3 is 2.64 bits per heavy atom. The molecule has 0 spiro atoms. The summed E-state index contributed by atoms with van der Waals surface area (Å²) >= 11 is 0. The number of aryl methyl sites for hydroxylation is 1. The molecular formula is C13H16F3N5O. The molecule has 0 fully saturated rings. The van der Waals surface area contributed by atoms with Gasteiger partial charge in [0.2, 0.25) is 0 Å². The van der Waals surface area contributed by atoms with Crippen LogP contribution in [0.25, 0.3) is 0 Å². The van der Waals surface area contributed by atoms with Gasteiger partial charge in [0.05, 0.1) is 6.20 Å². The molecule has 0 radical (unpaired) electrons. The summed E-state index contributed by atoms with van der Waals surface area (Å²) in [6.45, 7) is 4.78. The second kappa shape index (κ2) is 5.82. The van der Waals surface area contributed by atoms with E-state index in [4.69, 9.17) is 0 Å². The summed E-state index contributed by atoms with van der Waals surface area (Å²) in [4.78, 5) is 13.4. The Hall–Kier alpha value is -2.32. The highest BCUT2D eigenvalue weighted by molar-refractivity contribution is 5.92. The summed E-state index contributed by atoms with van der Waals surface area (Å²) in [5.41, 5.74) is 0.444. The molecule has 1 amide bonds. The van der Waals surface area contributed by atoms with Crippen molar-refractivity contribution < 1.29 is 18.0 Å². The van der Waals surface area contributed by atoms with Gasteiger partial charge < -0.3 is 4.90 Å². The highest BCUT2D eigenvalue weighted by Gasteiger charge is 2.34. The fourth-order valence-electron chi connectivity index (χ4n) is 2.06. The van der Waals surface area contributed by atoms with E-state index >= 15 is 0 Å². The Kier molecular flexibility index (Phi) is 4.25. The van der Waals surface area contributed by atoms with Crippen LogP contribution in [0.4, 0.5) is 13.2 Å². The predicted molar refractivity (Wildman–Crippen MR) is 72.0 cm³/mol. The lowest BCUT2D eigenvalue weighted by atomic mass is 10.2. The molecule has 0 saturated carbocycles. The molecule has 9 heteroatoms. The number of carbonyl (C=O) groups is 1. The van der Waals surface area contributed by atoms with Gasteiger partial charge in [0.1, 0.15) is 5.69 Å². The number of H-pyrrole nitrogens is 1. The van der Waals surface area contributed by atoms with E-state index in [9.17, 15) is 18.0 Å². The van der Waals surface area contributed by atoms with Gasteiger partial charge in [-0.1, -0.05) is 0 Å². The van der Waals surface area contributed by atoms with Crippen LogP contribution in [0.3, 0.4) is 0 Å². The monoisotopic (exact) mass is 315 g/mol. The van der Waals surface area contributed by atoms with Gasteiger partial charge in [-0.15, -0.1) is 0 Å². The van der Waals surface area contributed by atoms with Crippen molar-refractivity contribution in [3.63, 3.8) is 0 Å². The van der Waals surface area contributed by atoms with E-state index in [1.54, 1.807) is 10.9 Å². The number of amides is 1. The second-order valence-corrected chi connectivity index (χ2v) is 4.90. The van der Waals surface area contributed by atoms with Gasteiger partial charge in [-0.2, -0.15) is 23.4 Å². The number of aromatic amines is 1. The topological polar surface area (TPSA) is 66.8 Å². The molecule has 0 bridgehead atoms. The van der Waals surface area contributed by atoms with Crippen molar-refractivity contribution >= 4 is 5.91 Å². The molecule has 2 rings (SSSR count). The number of carbonyl (C=O) groups excluding carboxylic acids is 1. The first-order chi connectivity index (χ1) is 10.2. The Labute approximate surface area is 124 Å². The molecule has 2 aromatic heterocycles. The molecule has 0 unspecified atom stereocenters. The number of nitrogens with one attached hydrogen (secondary N) is 1. The first kappa shape index (κ1) is 16.1. The van der Waals surface area contributed by atoms with E-state index in [0.29, 0.717) is 12.6 Å². The number of nitrogens with zero attached hydrogens (tertiary/aromatic N) is 4. The Morgan fingerprint density at radius 2 is 2.14 bits per heavy atom. The van der Waals surface area contributed by atoms with Crippen molar-refractivity contribution in [3.05, 3.63) is 34.9 Å². The molecule has 0 aliphatic carbocycles. The van der Waals surface area contributed by atoms with E-state index < -0.39 is 17.8 Å². The maximum Gasteiger partial charge on any atom is 0.432 e. The van der Waals surface area contributed by atoms with Gasteiger partial charge in [0.15, 0.2) is 5.69 Å². The summed E-state index contributed by atoms with van der Waals surface area (Å²) in [5, 5.41) is 9.43. The zero-order chi connectivity index (χ0) is 16.5. The molecular weight excluding hydrogens is 299 g/mol. The minimum Gasteiger partial charge on any atom is -0.336 e. The standard InChI is InChI=1S/C13H16F3N5O/c1-4-21-8(2)9(6-17-21)7-20(3)12(22)10-5-11(19-18-10)13(14,15)16/h5-6H,4,7H2,1-3H3,(H,18,19). The molecule has 1 N–H and O–H groups in total. The van der Waals surface area contributed by atoms with Crippen LogP contribution in [-0.2, 0) is 19.3 Å². The third kappa shape index (κ3) is 3.12. The van der Waals surface area contributed by atoms with Crippen molar-refractivity contribution in [1.29, 1.82) is 0 Å². The average molecular weight is 315 g/mol. The normalized spacial score (nSPS) is 11.7. The summed E-state index contributed by atoms with van der Waals surface area (Å²) < 4.78 is 39.3. The molecule has 0 aliphatic heterocycles. The summed E-state index contributed by atoms with van der Waals surface area (Å²) in [7, 11) is 1.51. The van der Waals surface area contributed by atoms with Crippen molar-refractivity contribution in [2.45, 2.75) is 33.1 Å². The number of aromatic nitrogens is 4. The first-order valence-corrected chi connectivity index (χ1v) is 6.63. The van der Waals surface area contributed by atoms with Crippen LogP contribution in [0.15, 0.2) is 12.3 Å². The number of halogens is 3. The zero-order valence-corrected chi connectivity index (χ0v) is 12.4. The first-order valence-electron chi connectivity index (χ1n) is 6.63. The smallest absolute Gasteiger partial charge is 0.336 e. The maximum atomic E-state index is 12.5. The van der Waals surface area contributed by atoms with Crippen molar-refractivity contribution in [2.24, 2.45) is 0 Å². The molecule has 2 aromatic rings. The van der Waals surface area contributed by atoms with E-state index in [1.165, 1.54) is 11.9 Å². The number of hydrogen-bond donors (Lipinski definition) is 1. The molecule has 22 heavy (non-hydrogen) atoms. The molecule has 6 nitrogen and oxygen atoms in total. The van der Waals surface area contributed by atoms with E-state index in [1.807, 2.05) is 18.9 Å². The summed E-state index contributed by atoms with van der Waals surface area (Å²) in [6.07, 6.45) is -2.91. The molecule has 2 heterocycles. The average Bonchev–Trinajstić information content (AvgIpc) is 3.05. The van der Waals surface area contributed by atoms with Crippen LogP contribution in [-0.4, -0.2) is 37.8 Å². The van der Waals surface area contributed by atoms with Gasteiger partial charge in [-0.25, -0.2) is 0 Å². The van der Waals surface area contributed by atoms with Crippen molar-refractivity contribution in [2.75, 3.05) is 7.05 Å². The second-order valence-electron chi connectivity index (χ2n) is 4.90. The van der Waals surface area contributed by atoms with Gasteiger partial charge in [-0.05, 0) is 13.8 Å². The largest absolute Gasteiger partial charge is 0.432 e. The van der Waals surface area contributed by atoms with Crippen LogP contribution >= 0.6 is 0 Å². The van der Waals surface area contributed by atoms with Gasteiger partial charge in [-0.3, -0.25) is 14.6 Å². The van der Waals surface area contributed by atoms with E-state index in [2.05, 4.69) is 10.2 Å².